The van der Waals surface area contributed by atoms with E-state index in [2.05, 4.69) is 5.32 Å². The van der Waals surface area contributed by atoms with Gasteiger partial charge in [-0.2, -0.15) is 0 Å². The predicted molar refractivity (Wildman–Crippen MR) is 125 cm³/mol. The number of halogens is 2. The number of aliphatic carboxylic acids is 1. The van der Waals surface area contributed by atoms with Crippen molar-refractivity contribution < 1.29 is 38.6 Å². The molecule has 184 valence electrons. The molecule has 0 aliphatic rings. The molecule has 13 heteroatoms. The number of esters is 1. The molecule has 0 bridgehead atoms. The SMILES string of the molecule is CCOC(=O)C(Cc1ccc(N(CCCl)CCCl)cc1)NC(=O)/C(=C(/C)C(=O)O)P(=O)(O)O. The normalized spacial score (nSPS) is 13.0. The van der Waals surface area contributed by atoms with Crippen molar-refractivity contribution in [3.05, 3.63) is 40.7 Å². The molecule has 0 aliphatic carbocycles. The van der Waals surface area contributed by atoms with E-state index in [0.29, 0.717) is 30.4 Å². The number of alkyl halides is 2. The van der Waals surface area contributed by atoms with Gasteiger partial charge in [0.25, 0.3) is 5.91 Å². The number of benzene rings is 1. The molecule has 0 heterocycles. The lowest BCUT2D eigenvalue weighted by atomic mass is 10.0. The first-order chi connectivity index (χ1) is 15.5. The fourth-order valence-electron chi connectivity index (χ4n) is 2.94. The predicted octanol–water partition coefficient (Wildman–Crippen LogP) is 2.10. The van der Waals surface area contributed by atoms with Crippen LogP contribution in [0, 0.1) is 0 Å². The van der Waals surface area contributed by atoms with Crippen molar-refractivity contribution in [1.29, 1.82) is 0 Å². The number of rotatable bonds is 13. The number of carboxylic acid groups (broad SMARTS) is 1. The topological polar surface area (TPSA) is 153 Å². The zero-order valence-electron chi connectivity index (χ0n) is 18.2. The van der Waals surface area contributed by atoms with Crippen molar-refractivity contribution in [3.63, 3.8) is 0 Å². The highest BCUT2D eigenvalue weighted by molar-refractivity contribution is 7.58. The van der Waals surface area contributed by atoms with Gasteiger partial charge < -0.3 is 29.8 Å². The lowest BCUT2D eigenvalue weighted by Crippen LogP contribution is -2.44. The number of anilines is 1. The van der Waals surface area contributed by atoms with E-state index in [0.717, 1.165) is 12.6 Å². The highest BCUT2D eigenvalue weighted by Crippen LogP contribution is 2.46. The Morgan fingerprint density at radius 1 is 1.12 bits per heavy atom. The van der Waals surface area contributed by atoms with Crippen molar-refractivity contribution in [2.75, 3.05) is 36.4 Å². The van der Waals surface area contributed by atoms with Gasteiger partial charge in [-0.05, 0) is 31.5 Å². The first-order valence-electron chi connectivity index (χ1n) is 9.89. The number of carboxylic acids is 1. The van der Waals surface area contributed by atoms with Crippen LogP contribution in [0.4, 0.5) is 5.69 Å². The van der Waals surface area contributed by atoms with E-state index in [-0.39, 0.29) is 13.0 Å². The highest BCUT2D eigenvalue weighted by atomic mass is 35.5. The van der Waals surface area contributed by atoms with E-state index >= 15 is 0 Å². The van der Waals surface area contributed by atoms with Crippen LogP contribution in [0.25, 0.3) is 0 Å². The maximum absolute atomic E-state index is 12.6. The third kappa shape index (κ3) is 8.98. The monoisotopic (exact) mass is 524 g/mol. The summed E-state index contributed by atoms with van der Waals surface area (Å²) >= 11 is 11.6. The summed E-state index contributed by atoms with van der Waals surface area (Å²) in [6, 6.07) is 5.69. The van der Waals surface area contributed by atoms with Gasteiger partial charge in [-0.1, -0.05) is 12.1 Å². The van der Waals surface area contributed by atoms with E-state index in [4.69, 9.17) is 33.0 Å². The summed E-state index contributed by atoms with van der Waals surface area (Å²) in [5, 5.41) is 10.1. The smallest absolute Gasteiger partial charge is 0.362 e. The van der Waals surface area contributed by atoms with Crippen molar-refractivity contribution in [2.24, 2.45) is 0 Å². The van der Waals surface area contributed by atoms with Crippen molar-refractivity contribution >= 4 is 54.3 Å². The molecular formula is C20H27Cl2N2O8P. The van der Waals surface area contributed by atoms with Crippen LogP contribution in [0.5, 0.6) is 0 Å². The van der Waals surface area contributed by atoms with Gasteiger partial charge in [0, 0.05) is 37.0 Å². The molecule has 4 N–H and O–H groups in total. The molecule has 1 aromatic rings. The van der Waals surface area contributed by atoms with E-state index in [1.165, 1.54) is 0 Å². The van der Waals surface area contributed by atoms with Crippen LogP contribution in [0.3, 0.4) is 0 Å². The van der Waals surface area contributed by atoms with Gasteiger partial charge in [-0.3, -0.25) is 9.36 Å². The minimum atomic E-state index is -5.25. The molecular weight excluding hydrogens is 498 g/mol. The number of carbonyl (C=O) groups is 3. The molecule has 1 atom stereocenters. The third-order valence-corrected chi connectivity index (χ3v) is 5.97. The number of amides is 1. The number of carbonyl (C=O) groups excluding carboxylic acids is 2. The largest absolute Gasteiger partial charge is 0.478 e. The molecule has 1 unspecified atom stereocenters. The summed E-state index contributed by atoms with van der Waals surface area (Å²) in [4.78, 5) is 57.1. The highest BCUT2D eigenvalue weighted by Gasteiger charge is 2.35. The van der Waals surface area contributed by atoms with Gasteiger partial charge in [-0.25, -0.2) is 9.59 Å². The molecule has 0 saturated carbocycles. The standard InChI is InChI=1S/C20H27Cl2N2O8P/c1-3-32-20(28)16(23-18(25)17(33(29,30)31)13(2)19(26)27)12-14-4-6-15(7-5-14)24(10-8-21)11-9-22/h4-7,16H,3,8-12H2,1-2H3,(H,23,25)(H,26,27)(H2,29,30,31)/b17-13+. The first-order valence-corrected chi connectivity index (χ1v) is 12.6. The number of nitrogens with one attached hydrogen (secondary N) is 1. The summed E-state index contributed by atoms with van der Waals surface area (Å²) in [7, 11) is -5.25. The Kier molecular flexibility index (Phi) is 11.9. The number of ether oxygens (including phenoxy) is 1. The first kappa shape index (κ1) is 28.9. The minimum Gasteiger partial charge on any atom is -0.478 e. The van der Waals surface area contributed by atoms with Crippen LogP contribution in [0.15, 0.2) is 35.2 Å². The molecule has 0 fully saturated rings. The number of hydrogen-bond acceptors (Lipinski definition) is 6. The van der Waals surface area contributed by atoms with E-state index in [1.54, 1.807) is 31.2 Å². The van der Waals surface area contributed by atoms with Gasteiger partial charge in [0.2, 0.25) is 0 Å². The second-order valence-corrected chi connectivity index (χ2v) is 9.13. The molecule has 1 rings (SSSR count). The van der Waals surface area contributed by atoms with Crippen molar-refractivity contribution in [3.8, 4) is 0 Å². The summed E-state index contributed by atoms with van der Waals surface area (Å²) in [6.45, 7) is 3.61. The number of hydrogen-bond donors (Lipinski definition) is 4. The molecule has 0 aromatic heterocycles. The van der Waals surface area contributed by atoms with E-state index < -0.39 is 42.4 Å². The second kappa shape index (κ2) is 13.6. The Morgan fingerprint density at radius 2 is 1.67 bits per heavy atom. The van der Waals surface area contributed by atoms with Crippen LogP contribution in [0.2, 0.25) is 0 Å². The van der Waals surface area contributed by atoms with Crippen molar-refractivity contribution in [1.82, 2.24) is 5.32 Å². The molecule has 0 aliphatic heterocycles. The minimum absolute atomic E-state index is 0.00525. The second-order valence-electron chi connectivity index (χ2n) is 6.84. The molecule has 1 aromatic carbocycles. The van der Waals surface area contributed by atoms with E-state index in [1.807, 2.05) is 4.90 Å². The molecule has 1 amide bonds. The summed E-state index contributed by atoms with van der Waals surface area (Å²) in [5.74, 6) is -3.07. The average Bonchev–Trinajstić information content (AvgIpc) is 2.72. The third-order valence-electron chi connectivity index (χ3n) is 4.51. The molecule has 0 spiro atoms. The molecule has 0 saturated heterocycles. The Balaban J connectivity index is 3.18. The molecule has 0 radical (unpaired) electrons. The van der Waals surface area contributed by atoms with Gasteiger partial charge in [-0.15, -0.1) is 23.2 Å². The molecule has 10 nitrogen and oxygen atoms in total. The maximum Gasteiger partial charge on any atom is 0.362 e. The van der Waals surface area contributed by atoms with Gasteiger partial charge in [0.05, 0.1) is 12.2 Å². The fourth-order valence-corrected chi connectivity index (χ4v) is 4.21. The lowest BCUT2D eigenvalue weighted by Gasteiger charge is -2.23. The Labute approximate surface area is 201 Å². The Hall–Kier alpha value is -2.10. The Morgan fingerprint density at radius 3 is 2.09 bits per heavy atom. The van der Waals surface area contributed by atoms with Gasteiger partial charge in [0.15, 0.2) is 0 Å². The summed E-state index contributed by atoms with van der Waals surface area (Å²) in [5.41, 5.74) is 0.637. The van der Waals surface area contributed by atoms with Crippen LogP contribution < -0.4 is 10.2 Å². The van der Waals surface area contributed by atoms with Crippen LogP contribution >= 0.6 is 30.8 Å². The average molecular weight is 525 g/mol. The lowest BCUT2D eigenvalue weighted by molar-refractivity contribution is -0.147. The fraction of sp³-hybridized carbons (Fsp3) is 0.450. The van der Waals surface area contributed by atoms with Crippen LogP contribution in [-0.4, -0.2) is 70.2 Å². The molecule has 33 heavy (non-hydrogen) atoms. The van der Waals surface area contributed by atoms with Gasteiger partial charge in [0.1, 0.15) is 11.4 Å². The summed E-state index contributed by atoms with van der Waals surface area (Å²) < 4.78 is 16.7. The summed E-state index contributed by atoms with van der Waals surface area (Å²) in [6.07, 6.45) is -0.0591. The number of nitrogens with zero attached hydrogens (tertiary/aromatic N) is 1. The van der Waals surface area contributed by atoms with E-state index in [9.17, 15) is 28.7 Å². The maximum atomic E-state index is 12.6. The van der Waals surface area contributed by atoms with Crippen LogP contribution in [-0.2, 0) is 30.1 Å². The quantitative estimate of drug-likeness (QED) is 0.131. The van der Waals surface area contributed by atoms with Crippen LogP contribution in [0.1, 0.15) is 19.4 Å². The van der Waals surface area contributed by atoms with Crippen molar-refractivity contribution in [2.45, 2.75) is 26.3 Å². The van der Waals surface area contributed by atoms with Gasteiger partial charge >= 0.3 is 19.5 Å². The zero-order valence-corrected chi connectivity index (χ0v) is 20.6. The Bertz CT molecular complexity index is 911. The zero-order chi connectivity index (χ0) is 25.2.